The summed E-state index contributed by atoms with van der Waals surface area (Å²) in [6, 6.07) is 0.378. The van der Waals surface area contributed by atoms with Gasteiger partial charge in [-0.15, -0.1) is 0 Å². The molecule has 5 nitrogen and oxygen atoms in total. The topological polar surface area (TPSA) is 67.4 Å². The van der Waals surface area contributed by atoms with E-state index in [2.05, 4.69) is 17.6 Å². The molecule has 1 amide bonds. The molecule has 0 aromatic rings. The van der Waals surface area contributed by atoms with E-state index >= 15 is 0 Å². The maximum atomic E-state index is 12.0. The van der Waals surface area contributed by atoms with Crippen LogP contribution in [0.5, 0.6) is 0 Å². The van der Waals surface area contributed by atoms with Crippen LogP contribution >= 0.6 is 0 Å². The Kier molecular flexibility index (Phi) is 5.14. The Bertz CT molecular complexity index is 315. The first-order chi connectivity index (χ1) is 8.36. The van der Waals surface area contributed by atoms with Gasteiger partial charge in [0, 0.05) is 18.5 Å². The van der Waals surface area contributed by atoms with Crippen LogP contribution in [0, 0.1) is 11.3 Å². The fourth-order valence-corrected chi connectivity index (χ4v) is 2.17. The molecule has 1 rings (SSSR count). The van der Waals surface area contributed by atoms with Crippen LogP contribution in [0.4, 0.5) is 0 Å². The first-order valence-corrected chi connectivity index (χ1v) is 6.46. The third kappa shape index (κ3) is 3.98. The van der Waals surface area contributed by atoms with E-state index in [0.717, 1.165) is 19.4 Å². The lowest BCUT2D eigenvalue weighted by molar-refractivity contribution is -0.150. The monoisotopic (exact) mass is 256 g/mol. The Morgan fingerprint density at radius 2 is 2.11 bits per heavy atom. The maximum absolute atomic E-state index is 12.0. The number of amides is 1. The summed E-state index contributed by atoms with van der Waals surface area (Å²) in [6.45, 7) is 6.81. The Balaban J connectivity index is 2.43. The van der Waals surface area contributed by atoms with Gasteiger partial charge in [0.2, 0.25) is 5.91 Å². The predicted molar refractivity (Wildman–Crippen MR) is 69.0 cm³/mol. The Labute approximate surface area is 109 Å². The summed E-state index contributed by atoms with van der Waals surface area (Å²) >= 11 is 0. The third-order valence-corrected chi connectivity index (χ3v) is 3.44. The second kappa shape index (κ2) is 6.18. The van der Waals surface area contributed by atoms with E-state index in [-0.39, 0.29) is 17.8 Å². The zero-order valence-electron chi connectivity index (χ0n) is 11.7. The number of methoxy groups -OCH3 is 1. The van der Waals surface area contributed by atoms with Crippen molar-refractivity contribution in [3.8, 4) is 0 Å². The maximum Gasteiger partial charge on any atom is 0.313 e. The van der Waals surface area contributed by atoms with Crippen LogP contribution < -0.4 is 10.6 Å². The molecule has 2 atom stereocenters. The summed E-state index contributed by atoms with van der Waals surface area (Å²) in [5.41, 5.74) is -0.678. The molecule has 5 heteroatoms. The molecule has 1 aliphatic rings. The highest BCUT2D eigenvalue weighted by atomic mass is 16.5. The molecule has 104 valence electrons. The summed E-state index contributed by atoms with van der Waals surface area (Å²) in [5.74, 6) is -0.212. The fraction of sp³-hybridized carbons (Fsp3) is 0.846. The lowest BCUT2D eigenvalue weighted by Gasteiger charge is -2.28. The van der Waals surface area contributed by atoms with E-state index in [1.807, 2.05) is 0 Å². The molecule has 1 fully saturated rings. The Hall–Kier alpha value is -1.10. The van der Waals surface area contributed by atoms with Crippen molar-refractivity contribution >= 4 is 11.9 Å². The largest absolute Gasteiger partial charge is 0.469 e. The fourth-order valence-electron chi connectivity index (χ4n) is 2.17. The number of hydrogen-bond donors (Lipinski definition) is 2. The third-order valence-electron chi connectivity index (χ3n) is 3.44. The molecule has 0 spiro atoms. The number of ether oxygens (including phenoxy) is 1. The van der Waals surface area contributed by atoms with Gasteiger partial charge in [0.05, 0.1) is 12.5 Å². The molecule has 0 aromatic carbocycles. The first-order valence-electron chi connectivity index (χ1n) is 6.46. The number of rotatable bonds is 4. The van der Waals surface area contributed by atoms with Gasteiger partial charge in [-0.05, 0) is 40.2 Å². The van der Waals surface area contributed by atoms with Crippen molar-refractivity contribution in [2.24, 2.45) is 11.3 Å². The number of nitrogens with one attached hydrogen (secondary N) is 2. The van der Waals surface area contributed by atoms with E-state index < -0.39 is 5.41 Å². The summed E-state index contributed by atoms with van der Waals surface area (Å²) in [5, 5.41) is 6.17. The number of carbonyl (C=O) groups excluding carboxylic acids is 2. The van der Waals surface area contributed by atoms with Gasteiger partial charge < -0.3 is 15.4 Å². The van der Waals surface area contributed by atoms with Crippen molar-refractivity contribution in [3.05, 3.63) is 0 Å². The normalized spacial score (nSPS) is 24.4. The van der Waals surface area contributed by atoms with E-state index in [4.69, 9.17) is 4.74 Å². The van der Waals surface area contributed by atoms with Crippen molar-refractivity contribution in [3.63, 3.8) is 0 Å². The highest BCUT2D eigenvalue weighted by Crippen LogP contribution is 2.18. The van der Waals surface area contributed by atoms with Gasteiger partial charge in [-0.25, -0.2) is 0 Å². The van der Waals surface area contributed by atoms with Gasteiger partial charge in [-0.1, -0.05) is 0 Å². The second-order valence-electron chi connectivity index (χ2n) is 5.67. The molecule has 0 unspecified atom stereocenters. The first kappa shape index (κ1) is 15.0. The molecule has 0 aromatic heterocycles. The molecule has 1 aliphatic heterocycles. The number of carbonyl (C=O) groups is 2. The Morgan fingerprint density at radius 1 is 1.44 bits per heavy atom. The molecule has 18 heavy (non-hydrogen) atoms. The zero-order valence-corrected chi connectivity index (χ0v) is 11.7. The number of esters is 1. The number of piperidine rings is 1. The summed E-state index contributed by atoms with van der Waals surface area (Å²) in [6.07, 6.45) is 1.71. The minimum absolute atomic E-state index is 0.0420. The lowest BCUT2D eigenvalue weighted by Crippen LogP contribution is -2.46. The molecule has 0 bridgehead atoms. The lowest BCUT2D eigenvalue weighted by atomic mass is 9.90. The standard InChI is InChI=1S/C13H24N2O3/c1-9-7-10(5-6-14-9)11(16)15-8-13(2,3)12(17)18-4/h9-10,14H,5-8H2,1-4H3,(H,15,16)/t9-,10-/m0/s1. The SMILES string of the molecule is COC(=O)C(C)(C)CNC(=O)[C@H]1CCN[C@@H](C)C1. The van der Waals surface area contributed by atoms with Crippen LogP contribution in [-0.2, 0) is 14.3 Å². The molecule has 2 N–H and O–H groups in total. The van der Waals surface area contributed by atoms with Gasteiger partial charge in [-0.3, -0.25) is 9.59 Å². The average Bonchev–Trinajstić information content (AvgIpc) is 2.35. The van der Waals surface area contributed by atoms with Crippen LogP contribution in [0.1, 0.15) is 33.6 Å². The van der Waals surface area contributed by atoms with Crippen LogP contribution in [0.3, 0.4) is 0 Å². The molecule has 0 aliphatic carbocycles. The highest BCUT2D eigenvalue weighted by molar-refractivity contribution is 5.81. The van der Waals surface area contributed by atoms with Crippen molar-refractivity contribution in [1.29, 1.82) is 0 Å². The van der Waals surface area contributed by atoms with Crippen LogP contribution in [0.2, 0.25) is 0 Å². The van der Waals surface area contributed by atoms with Gasteiger partial charge in [0.25, 0.3) is 0 Å². The smallest absolute Gasteiger partial charge is 0.313 e. The van der Waals surface area contributed by atoms with Crippen molar-refractivity contribution in [2.75, 3.05) is 20.2 Å². The quantitative estimate of drug-likeness (QED) is 0.726. The Morgan fingerprint density at radius 3 is 2.67 bits per heavy atom. The minimum Gasteiger partial charge on any atom is -0.469 e. The molecule has 1 heterocycles. The molecule has 0 saturated carbocycles. The van der Waals surface area contributed by atoms with Crippen LogP contribution in [0.25, 0.3) is 0 Å². The van der Waals surface area contributed by atoms with E-state index in [0.29, 0.717) is 12.6 Å². The average molecular weight is 256 g/mol. The van der Waals surface area contributed by atoms with Crippen molar-refractivity contribution in [1.82, 2.24) is 10.6 Å². The zero-order chi connectivity index (χ0) is 13.8. The van der Waals surface area contributed by atoms with E-state index in [1.54, 1.807) is 13.8 Å². The van der Waals surface area contributed by atoms with E-state index in [9.17, 15) is 9.59 Å². The van der Waals surface area contributed by atoms with Crippen LogP contribution in [0.15, 0.2) is 0 Å². The summed E-state index contributed by atoms with van der Waals surface area (Å²) in [4.78, 5) is 23.5. The van der Waals surface area contributed by atoms with E-state index in [1.165, 1.54) is 7.11 Å². The minimum atomic E-state index is -0.678. The van der Waals surface area contributed by atoms with Crippen molar-refractivity contribution in [2.45, 2.75) is 39.7 Å². The molecule has 0 radical (unpaired) electrons. The van der Waals surface area contributed by atoms with Gasteiger partial charge in [0.1, 0.15) is 0 Å². The second-order valence-corrected chi connectivity index (χ2v) is 5.67. The van der Waals surface area contributed by atoms with Gasteiger partial charge >= 0.3 is 5.97 Å². The molecular weight excluding hydrogens is 232 g/mol. The molecular formula is C13H24N2O3. The number of hydrogen-bond acceptors (Lipinski definition) is 4. The van der Waals surface area contributed by atoms with Gasteiger partial charge in [-0.2, -0.15) is 0 Å². The molecule has 1 saturated heterocycles. The van der Waals surface area contributed by atoms with Crippen molar-refractivity contribution < 1.29 is 14.3 Å². The van der Waals surface area contributed by atoms with Crippen LogP contribution in [-0.4, -0.2) is 38.1 Å². The highest BCUT2D eigenvalue weighted by Gasteiger charge is 2.31. The predicted octanol–water partition coefficient (Wildman–Crippen LogP) is 0.690. The van der Waals surface area contributed by atoms with Gasteiger partial charge in [0.15, 0.2) is 0 Å². The summed E-state index contributed by atoms with van der Waals surface area (Å²) in [7, 11) is 1.36. The summed E-state index contributed by atoms with van der Waals surface area (Å²) < 4.78 is 4.71.